The van der Waals surface area contributed by atoms with Gasteiger partial charge in [-0.3, -0.25) is 4.90 Å². The Morgan fingerprint density at radius 2 is 1.73 bits per heavy atom. The van der Waals surface area contributed by atoms with Gasteiger partial charge in [0.05, 0.1) is 17.8 Å². The van der Waals surface area contributed by atoms with Gasteiger partial charge in [0.2, 0.25) is 0 Å². The maximum atomic E-state index is 14.8. The quantitative estimate of drug-likeness (QED) is 0.591. The number of hydrogen-bond donors (Lipinski definition) is 0. The van der Waals surface area contributed by atoms with Crippen LogP contribution in [0, 0.1) is 23.4 Å². The number of fused-ring (bicyclic) bond motifs is 1. The van der Waals surface area contributed by atoms with Gasteiger partial charge in [-0.1, -0.05) is 44.9 Å². The second-order valence-corrected chi connectivity index (χ2v) is 8.76. The summed E-state index contributed by atoms with van der Waals surface area (Å²) in [6.07, 6.45) is 3.33. The molecule has 4 rings (SSSR count). The molecule has 1 saturated carbocycles. The van der Waals surface area contributed by atoms with Crippen molar-refractivity contribution in [2.75, 3.05) is 11.4 Å². The highest BCUT2D eigenvalue weighted by Gasteiger charge is 2.51. The Balaban J connectivity index is 1.85. The third-order valence-corrected chi connectivity index (χ3v) is 6.26. The van der Waals surface area contributed by atoms with Crippen LogP contribution in [0.3, 0.4) is 0 Å². The summed E-state index contributed by atoms with van der Waals surface area (Å²) in [5.74, 6) is -1.79. The minimum Gasteiger partial charge on any atom is -0.319 e. The Kier molecular flexibility index (Phi) is 5.76. The van der Waals surface area contributed by atoms with E-state index in [0.717, 1.165) is 25.3 Å². The second-order valence-electron chi connectivity index (χ2n) is 8.76. The first-order valence-electron chi connectivity index (χ1n) is 10.7. The van der Waals surface area contributed by atoms with Crippen molar-refractivity contribution in [3.63, 3.8) is 0 Å². The number of amides is 2. The van der Waals surface area contributed by atoms with Gasteiger partial charge in [0, 0.05) is 18.5 Å². The van der Waals surface area contributed by atoms with Gasteiger partial charge in [-0.2, -0.15) is 0 Å². The number of urea groups is 1. The maximum absolute atomic E-state index is 14.8. The van der Waals surface area contributed by atoms with E-state index >= 15 is 0 Å². The Hall–Kier alpha value is -2.50. The molecule has 30 heavy (non-hydrogen) atoms. The number of anilines is 1. The lowest BCUT2D eigenvalue weighted by Gasteiger charge is -2.33. The first-order valence-corrected chi connectivity index (χ1v) is 10.7. The van der Waals surface area contributed by atoms with E-state index in [2.05, 4.69) is 0 Å². The zero-order valence-corrected chi connectivity index (χ0v) is 17.3. The highest BCUT2D eigenvalue weighted by molar-refractivity contribution is 5.96. The summed E-state index contributed by atoms with van der Waals surface area (Å²) in [5, 5.41) is 0. The molecular formula is C24H27F3N2O. The smallest absolute Gasteiger partial charge is 0.319 e. The SMILES string of the molecule is CC(C)CN1C(=O)N(c2ccc(F)cc2F)[C@@H]2[C@H](c3ccccc3F)CCCC[C@@H]21. The van der Waals surface area contributed by atoms with Crippen LogP contribution in [0.1, 0.15) is 51.0 Å². The lowest BCUT2D eigenvalue weighted by molar-refractivity contribution is 0.189. The van der Waals surface area contributed by atoms with Crippen molar-refractivity contribution < 1.29 is 18.0 Å². The van der Waals surface area contributed by atoms with E-state index in [9.17, 15) is 18.0 Å². The fourth-order valence-electron chi connectivity index (χ4n) is 5.09. The zero-order chi connectivity index (χ0) is 21.4. The number of nitrogens with zero attached hydrogens (tertiary/aromatic N) is 2. The van der Waals surface area contributed by atoms with Crippen LogP contribution >= 0.6 is 0 Å². The van der Waals surface area contributed by atoms with Crippen molar-refractivity contribution in [1.29, 1.82) is 0 Å². The van der Waals surface area contributed by atoms with E-state index in [4.69, 9.17) is 0 Å². The Morgan fingerprint density at radius 3 is 2.43 bits per heavy atom. The monoisotopic (exact) mass is 416 g/mol. The standard InChI is InChI=1S/C24H27F3N2O/c1-15(2)14-28-22-10-6-4-8-18(17-7-3-5-9-19(17)26)23(22)29(24(28)30)21-12-11-16(25)13-20(21)27/h3,5,7,9,11-13,15,18,22-23H,4,6,8,10,14H2,1-2H3/t18-,22-,23+/m0/s1. The molecule has 1 aliphatic carbocycles. The number of carbonyl (C=O) groups excluding carboxylic acids is 1. The van der Waals surface area contributed by atoms with E-state index in [1.54, 1.807) is 18.2 Å². The van der Waals surface area contributed by atoms with E-state index in [0.29, 0.717) is 18.5 Å². The largest absolute Gasteiger partial charge is 0.325 e. The molecule has 160 valence electrons. The average Bonchev–Trinajstić information content (AvgIpc) is 2.83. The summed E-state index contributed by atoms with van der Waals surface area (Å²) in [6, 6.07) is 9.09. The lowest BCUT2D eigenvalue weighted by Crippen LogP contribution is -2.42. The van der Waals surface area contributed by atoms with Crippen molar-refractivity contribution >= 4 is 11.7 Å². The van der Waals surface area contributed by atoms with Crippen molar-refractivity contribution in [2.24, 2.45) is 5.92 Å². The molecule has 1 aliphatic heterocycles. The first kappa shape index (κ1) is 20.8. The highest BCUT2D eigenvalue weighted by Crippen LogP contribution is 2.44. The number of hydrogen-bond acceptors (Lipinski definition) is 1. The molecule has 0 radical (unpaired) electrons. The Labute approximate surface area is 175 Å². The fourth-order valence-corrected chi connectivity index (χ4v) is 5.09. The summed E-state index contributed by atoms with van der Waals surface area (Å²) < 4.78 is 43.2. The van der Waals surface area contributed by atoms with E-state index in [1.165, 1.54) is 23.1 Å². The molecule has 0 aromatic heterocycles. The maximum Gasteiger partial charge on any atom is 0.325 e. The first-order chi connectivity index (χ1) is 14.4. The summed E-state index contributed by atoms with van der Waals surface area (Å²) in [4.78, 5) is 16.8. The molecule has 2 aromatic carbocycles. The van der Waals surface area contributed by atoms with Gasteiger partial charge in [-0.15, -0.1) is 0 Å². The molecule has 2 amide bonds. The highest BCUT2D eigenvalue weighted by atomic mass is 19.1. The fraction of sp³-hybridized carbons (Fsp3) is 0.458. The third-order valence-electron chi connectivity index (χ3n) is 6.26. The molecule has 0 bridgehead atoms. The van der Waals surface area contributed by atoms with Crippen LogP contribution in [0.4, 0.5) is 23.7 Å². The van der Waals surface area contributed by atoms with Crippen molar-refractivity contribution in [2.45, 2.75) is 57.5 Å². The topological polar surface area (TPSA) is 23.6 Å². The average molecular weight is 416 g/mol. The summed E-state index contributed by atoms with van der Waals surface area (Å²) >= 11 is 0. The number of carbonyl (C=O) groups is 1. The van der Waals surface area contributed by atoms with Crippen LogP contribution in [0.15, 0.2) is 42.5 Å². The molecule has 2 fully saturated rings. The number of halogens is 3. The van der Waals surface area contributed by atoms with Crippen molar-refractivity contribution in [3.8, 4) is 0 Å². The summed E-state index contributed by atoms with van der Waals surface area (Å²) in [5.41, 5.74) is 0.618. The molecule has 3 nitrogen and oxygen atoms in total. The van der Waals surface area contributed by atoms with Gasteiger partial charge in [-0.25, -0.2) is 18.0 Å². The molecule has 2 aromatic rings. The Bertz CT molecular complexity index is 932. The van der Waals surface area contributed by atoms with E-state index < -0.39 is 17.7 Å². The second kappa shape index (κ2) is 8.32. The zero-order valence-electron chi connectivity index (χ0n) is 17.3. The van der Waals surface area contributed by atoms with Crippen LogP contribution in [0.25, 0.3) is 0 Å². The van der Waals surface area contributed by atoms with Crippen LogP contribution in [-0.4, -0.2) is 29.6 Å². The van der Waals surface area contributed by atoms with Gasteiger partial charge >= 0.3 is 6.03 Å². The van der Waals surface area contributed by atoms with E-state index in [1.807, 2.05) is 18.7 Å². The minimum absolute atomic E-state index is 0.0610. The Morgan fingerprint density at radius 1 is 1.00 bits per heavy atom. The molecule has 0 unspecified atom stereocenters. The predicted octanol–water partition coefficient (Wildman–Crippen LogP) is 6.10. The molecule has 0 spiro atoms. The minimum atomic E-state index is -0.773. The van der Waals surface area contributed by atoms with Crippen LogP contribution in [-0.2, 0) is 0 Å². The molecule has 6 heteroatoms. The predicted molar refractivity (Wildman–Crippen MR) is 111 cm³/mol. The van der Waals surface area contributed by atoms with Crippen molar-refractivity contribution in [3.05, 3.63) is 65.5 Å². The normalized spacial score (nSPS) is 24.3. The van der Waals surface area contributed by atoms with Crippen LogP contribution in [0.2, 0.25) is 0 Å². The van der Waals surface area contributed by atoms with E-state index in [-0.39, 0.29) is 35.4 Å². The number of benzene rings is 2. The molecular weight excluding hydrogens is 389 g/mol. The number of rotatable bonds is 4. The van der Waals surface area contributed by atoms with Gasteiger partial charge in [0.25, 0.3) is 0 Å². The molecule has 3 atom stereocenters. The molecule has 1 heterocycles. The van der Waals surface area contributed by atoms with Gasteiger partial charge in [-0.05, 0) is 42.5 Å². The van der Waals surface area contributed by atoms with Crippen molar-refractivity contribution in [1.82, 2.24) is 4.90 Å². The molecule has 2 aliphatic rings. The lowest BCUT2D eigenvalue weighted by atomic mass is 9.84. The third kappa shape index (κ3) is 3.68. The molecule has 0 N–H and O–H groups in total. The summed E-state index contributed by atoms with van der Waals surface area (Å²) in [6.45, 7) is 4.62. The molecule has 1 saturated heterocycles. The van der Waals surface area contributed by atoms with Gasteiger partial charge < -0.3 is 4.90 Å². The van der Waals surface area contributed by atoms with Crippen LogP contribution in [0.5, 0.6) is 0 Å². The van der Waals surface area contributed by atoms with Gasteiger partial charge in [0.15, 0.2) is 0 Å². The van der Waals surface area contributed by atoms with Crippen LogP contribution < -0.4 is 4.90 Å². The van der Waals surface area contributed by atoms with Gasteiger partial charge in [0.1, 0.15) is 17.5 Å². The summed E-state index contributed by atoms with van der Waals surface area (Å²) in [7, 11) is 0.